The smallest absolute Gasteiger partial charge is 0.123 e. The fourth-order valence-corrected chi connectivity index (χ4v) is 3.03. The van der Waals surface area contributed by atoms with E-state index in [0.29, 0.717) is 17.5 Å². The molecule has 0 unspecified atom stereocenters. The van der Waals surface area contributed by atoms with Gasteiger partial charge in [-0.2, -0.15) is 0 Å². The van der Waals surface area contributed by atoms with Crippen LogP contribution in [0.5, 0.6) is 5.75 Å². The van der Waals surface area contributed by atoms with Gasteiger partial charge in [-0.05, 0) is 44.1 Å². The van der Waals surface area contributed by atoms with Crippen molar-refractivity contribution in [2.24, 2.45) is 5.41 Å². The molecule has 1 saturated carbocycles. The van der Waals surface area contributed by atoms with E-state index in [4.69, 9.17) is 4.74 Å². The van der Waals surface area contributed by atoms with Crippen molar-refractivity contribution in [2.45, 2.75) is 58.5 Å². The quantitative estimate of drug-likeness (QED) is 0.871. The summed E-state index contributed by atoms with van der Waals surface area (Å²) in [5.41, 5.74) is 1.79. The number of methoxy groups -OCH3 is 1. The van der Waals surface area contributed by atoms with Crippen LogP contribution in [-0.2, 0) is 0 Å². The van der Waals surface area contributed by atoms with Gasteiger partial charge >= 0.3 is 0 Å². The molecule has 0 radical (unpaired) electrons. The molecular weight excluding hydrogens is 234 g/mol. The molecule has 0 saturated heterocycles. The van der Waals surface area contributed by atoms with Crippen LogP contribution in [0.3, 0.4) is 0 Å². The van der Waals surface area contributed by atoms with Crippen LogP contribution in [0.2, 0.25) is 0 Å². The Balaban J connectivity index is 1.96. The minimum atomic E-state index is 0.349. The van der Waals surface area contributed by atoms with Gasteiger partial charge in [0, 0.05) is 17.6 Å². The van der Waals surface area contributed by atoms with E-state index in [0.717, 1.165) is 5.75 Å². The van der Waals surface area contributed by atoms with Crippen LogP contribution in [0, 0.1) is 5.41 Å². The minimum absolute atomic E-state index is 0.349. The maximum Gasteiger partial charge on any atom is 0.123 e. The molecule has 1 aliphatic carbocycles. The number of benzene rings is 1. The van der Waals surface area contributed by atoms with E-state index in [1.165, 1.54) is 31.2 Å². The molecule has 2 nitrogen and oxygen atoms in total. The summed E-state index contributed by atoms with van der Waals surface area (Å²) in [5, 5.41) is 3.77. The molecule has 1 aliphatic rings. The number of rotatable bonds is 4. The molecule has 0 aromatic heterocycles. The summed E-state index contributed by atoms with van der Waals surface area (Å²) in [5.74, 6) is 0.985. The van der Waals surface area contributed by atoms with Gasteiger partial charge in [-0.15, -0.1) is 0 Å². The second-order valence-corrected chi connectivity index (χ2v) is 6.57. The lowest BCUT2D eigenvalue weighted by molar-refractivity contribution is 0.199. The van der Waals surface area contributed by atoms with E-state index in [1.54, 1.807) is 7.11 Å². The normalized spacial score (nSPS) is 21.1. The van der Waals surface area contributed by atoms with Crippen LogP contribution in [0.1, 0.15) is 58.1 Å². The Bertz CT molecular complexity index is 403. The third kappa shape index (κ3) is 3.73. The molecule has 1 aromatic carbocycles. The number of hydrogen-bond donors (Lipinski definition) is 1. The third-order valence-electron chi connectivity index (χ3n) is 4.43. The lowest BCUT2D eigenvalue weighted by Crippen LogP contribution is -2.37. The molecular formula is C17H27NO. The van der Waals surface area contributed by atoms with Crippen molar-refractivity contribution in [2.75, 3.05) is 7.11 Å². The maximum absolute atomic E-state index is 5.45. The number of hydrogen-bond acceptors (Lipinski definition) is 2. The van der Waals surface area contributed by atoms with Crippen molar-refractivity contribution in [1.82, 2.24) is 5.32 Å². The highest BCUT2D eigenvalue weighted by molar-refractivity contribution is 5.35. The zero-order valence-electron chi connectivity index (χ0n) is 12.7. The molecule has 1 aromatic rings. The van der Waals surface area contributed by atoms with Crippen molar-refractivity contribution in [3.63, 3.8) is 0 Å². The molecule has 1 fully saturated rings. The van der Waals surface area contributed by atoms with Crippen LogP contribution in [0.4, 0.5) is 0 Å². The van der Waals surface area contributed by atoms with Crippen LogP contribution in [0.15, 0.2) is 24.3 Å². The van der Waals surface area contributed by atoms with Crippen LogP contribution < -0.4 is 10.1 Å². The molecule has 1 atom stereocenters. The van der Waals surface area contributed by atoms with Gasteiger partial charge in [0.1, 0.15) is 5.75 Å². The fourth-order valence-electron chi connectivity index (χ4n) is 3.03. The van der Waals surface area contributed by atoms with Crippen molar-refractivity contribution in [3.8, 4) is 5.75 Å². The van der Waals surface area contributed by atoms with Crippen molar-refractivity contribution < 1.29 is 4.74 Å². The molecule has 0 bridgehead atoms. The van der Waals surface area contributed by atoms with E-state index >= 15 is 0 Å². The summed E-state index contributed by atoms with van der Waals surface area (Å²) in [6, 6.07) is 9.30. The molecule has 19 heavy (non-hydrogen) atoms. The van der Waals surface area contributed by atoms with Crippen LogP contribution in [-0.4, -0.2) is 13.2 Å². The Morgan fingerprint density at radius 3 is 2.47 bits per heavy atom. The molecule has 1 N–H and O–H groups in total. The van der Waals surface area contributed by atoms with E-state index in [-0.39, 0.29) is 0 Å². The van der Waals surface area contributed by atoms with Gasteiger partial charge in [0.2, 0.25) is 0 Å². The lowest BCUT2D eigenvalue weighted by atomic mass is 9.75. The number of para-hydroxylation sites is 1. The first-order chi connectivity index (χ1) is 9.02. The van der Waals surface area contributed by atoms with E-state index in [1.807, 2.05) is 12.1 Å². The number of nitrogens with one attached hydrogen (secondary N) is 1. The minimum Gasteiger partial charge on any atom is -0.496 e. The molecule has 0 spiro atoms. The first kappa shape index (κ1) is 14.4. The Morgan fingerprint density at radius 1 is 1.21 bits per heavy atom. The molecule has 2 heteroatoms. The largest absolute Gasteiger partial charge is 0.496 e. The molecule has 0 heterocycles. The average molecular weight is 261 g/mol. The first-order valence-corrected chi connectivity index (χ1v) is 7.41. The zero-order valence-corrected chi connectivity index (χ0v) is 12.7. The van der Waals surface area contributed by atoms with Crippen LogP contribution >= 0.6 is 0 Å². The van der Waals surface area contributed by atoms with Gasteiger partial charge in [0.15, 0.2) is 0 Å². The SMILES string of the molecule is COc1ccccc1[C@H](C)NC1CCC(C)(C)CC1. The Labute approximate surface area is 117 Å². The third-order valence-corrected chi connectivity index (χ3v) is 4.43. The van der Waals surface area contributed by atoms with Crippen molar-refractivity contribution in [3.05, 3.63) is 29.8 Å². The predicted octanol–water partition coefficient (Wildman–Crippen LogP) is 4.31. The highest BCUT2D eigenvalue weighted by Crippen LogP contribution is 2.36. The van der Waals surface area contributed by atoms with Crippen molar-refractivity contribution in [1.29, 1.82) is 0 Å². The van der Waals surface area contributed by atoms with Crippen LogP contribution in [0.25, 0.3) is 0 Å². The van der Waals surface area contributed by atoms with Gasteiger partial charge < -0.3 is 10.1 Å². The summed E-state index contributed by atoms with van der Waals surface area (Å²) in [7, 11) is 1.74. The summed E-state index contributed by atoms with van der Waals surface area (Å²) in [4.78, 5) is 0. The Hall–Kier alpha value is -1.02. The highest BCUT2D eigenvalue weighted by Gasteiger charge is 2.27. The topological polar surface area (TPSA) is 21.3 Å². The molecule has 0 amide bonds. The van der Waals surface area contributed by atoms with Crippen molar-refractivity contribution >= 4 is 0 Å². The number of ether oxygens (including phenoxy) is 1. The predicted molar refractivity (Wildman–Crippen MR) is 80.6 cm³/mol. The van der Waals surface area contributed by atoms with E-state index in [2.05, 4.69) is 38.2 Å². The summed E-state index contributed by atoms with van der Waals surface area (Å²) >= 11 is 0. The van der Waals surface area contributed by atoms with E-state index in [9.17, 15) is 0 Å². The Kier molecular flexibility index (Phi) is 4.51. The maximum atomic E-state index is 5.45. The summed E-state index contributed by atoms with van der Waals surface area (Å²) in [6.45, 7) is 7.00. The second-order valence-electron chi connectivity index (χ2n) is 6.57. The summed E-state index contributed by atoms with van der Waals surface area (Å²) in [6.07, 6.45) is 5.21. The standard InChI is InChI=1S/C17H27NO/c1-13(15-7-5-6-8-16(15)19-4)18-14-9-11-17(2,3)12-10-14/h5-8,13-14,18H,9-12H2,1-4H3/t13-/m0/s1. The Morgan fingerprint density at radius 2 is 1.84 bits per heavy atom. The monoisotopic (exact) mass is 261 g/mol. The second kappa shape index (κ2) is 5.96. The van der Waals surface area contributed by atoms with Gasteiger partial charge in [-0.25, -0.2) is 0 Å². The zero-order chi connectivity index (χ0) is 13.9. The fraction of sp³-hybridized carbons (Fsp3) is 0.647. The van der Waals surface area contributed by atoms with Gasteiger partial charge in [0.05, 0.1) is 7.11 Å². The highest BCUT2D eigenvalue weighted by atomic mass is 16.5. The van der Waals surface area contributed by atoms with Gasteiger partial charge in [-0.1, -0.05) is 32.0 Å². The summed E-state index contributed by atoms with van der Waals surface area (Å²) < 4.78 is 5.45. The molecule has 0 aliphatic heterocycles. The lowest BCUT2D eigenvalue weighted by Gasteiger charge is -2.36. The molecule has 106 valence electrons. The first-order valence-electron chi connectivity index (χ1n) is 7.41. The average Bonchev–Trinajstić information content (AvgIpc) is 2.41. The van der Waals surface area contributed by atoms with Gasteiger partial charge in [-0.3, -0.25) is 0 Å². The van der Waals surface area contributed by atoms with Gasteiger partial charge in [0.25, 0.3) is 0 Å². The molecule has 2 rings (SSSR count). The van der Waals surface area contributed by atoms with E-state index < -0.39 is 0 Å².